The number of hydrogen-bond donors (Lipinski definition) is 0. The maximum absolute atomic E-state index is 2.20. The summed E-state index contributed by atoms with van der Waals surface area (Å²) in [6.45, 7) is 8.41. The minimum Gasteiger partial charge on any atom is -0.0683 e. The van der Waals surface area contributed by atoms with Crippen molar-refractivity contribution in [2.45, 2.75) is 33.6 Å². The molecule has 0 aromatic heterocycles. The number of hydrogen-bond acceptors (Lipinski definition) is 0. The Kier molecular flexibility index (Phi) is 9.67. The van der Waals surface area contributed by atoms with Gasteiger partial charge in [0.15, 0.2) is 0 Å². The first kappa shape index (κ1) is 13.8. The molecule has 0 atom stereocenters. The fourth-order valence-corrected chi connectivity index (χ4v) is 0.838. The van der Waals surface area contributed by atoms with Crippen LogP contribution >= 0.6 is 0 Å². The van der Waals surface area contributed by atoms with E-state index in [0.29, 0.717) is 5.92 Å². The van der Waals surface area contributed by atoms with Gasteiger partial charge in [0.1, 0.15) is 0 Å². The lowest BCUT2D eigenvalue weighted by Crippen LogP contribution is -1.83. The maximum atomic E-state index is 2.20. The molecule has 0 spiro atoms. The molecule has 65 valence electrons. The second kappa shape index (κ2) is 8.38. The van der Waals surface area contributed by atoms with Crippen molar-refractivity contribution in [3.8, 4) is 0 Å². The Morgan fingerprint density at radius 2 is 1.33 bits per heavy atom. The van der Waals surface area contributed by atoms with Crippen molar-refractivity contribution in [3.05, 3.63) is 35.9 Å². The van der Waals surface area contributed by atoms with E-state index in [9.17, 15) is 0 Å². The first-order valence-electron chi connectivity index (χ1n) is 4.35. The predicted octanol–water partition coefficient (Wildman–Crippen LogP) is 3.46. The van der Waals surface area contributed by atoms with Crippen molar-refractivity contribution in [2.75, 3.05) is 0 Å². The van der Waals surface area contributed by atoms with E-state index in [1.807, 2.05) is 19.9 Å². The Morgan fingerprint density at radius 3 is 1.58 bits per heavy atom. The molecule has 0 aliphatic rings. The summed E-state index contributed by atoms with van der Waals surface area (Å²) in [6.07, 6.45) is 0. The molecule has 0 amide bonds. The quantitative estimate of drug-likeness (QED) is 0.553. The maximum Gasteiger partial charge on any atom is 0 e. The molecule has 0 bridgehead atoms. The minimum atomic E-state index is 0. The Bertz CT molecular complexity index is 168. The lowest BCUT2D eigenvalue weighted by molar-refractivity contribution is 0.867. The molecule has 1 heteroatoms. The van der Waals surface area contributed by atoms with Crippen LogP contribution in [-0.2, 0) is 0 Å². The van der Waals surface area contributed by atoms with Crippen LogP contribution in [0.3, 0.4) is 0 Å². The van der Waals surface area contributed by atoms with Gasteiger partial charge < -0.3 is 0 Å². The van der Waals surface area contributed by atoms with Gasteiger partial charge in [0, 0.05) is 8.41 Å². The topological polar surface area (TPSA) is 0 Å². The molecule has 12 heavy (non-hydrogen) atoms. The summed E-state index contributed by atoms with van der Waals surface area (Å²) in [5.74, 6) is 0.659. The lowest BCUT2D eigenvalue weighted by atomic mass is 10.0. The highest BCUT2D eigenvalue weighted by Gasteiger charge is 1.93. The molecular formula is C11H18B. The van der Waals surface area contributed by atoms with E-state index in [0.717, 1.165) is 0 Å². The van der Waals surface area contributed by atoms with E-state index in [-0.39, 0.29) is 8.41 Å². The van der Waals surface area contributed by atoms with E-state index in [4.69, 9.17) is 0 Å². The smallest absolute Gasteiger partial charge is 0 e. The Labute approximate surface area is 78.6 Å². The summed E-state index contributed by atoms with van der Waals surface area (Å²) in [4.78, 5) is 0. The van der Waals surface area contributed by atoms with Crippen molar-refractivity contribution < 1.29 is 0 Å². The van der Waals surface area contributed by atoms with Gasteiger partial charge in [-0.1, -0.05) is 58.0 Å². The summed E-state index contributed by atoms with van der Waals surface area (Å²) in [7, 11) is 0. The first-order valence-corrected chi connectivity index (χ1v) is 4.35. The first-order chi connectivity index (χ1) is 5.30. The van der Waals surface area contributed by atoms with E-state index < -0.39 is 0 Å². The molecule has 1 aromatic carbocycles. The van der Waals surface area contributed by atoms with Crippen molar-refractivity contribution in [3.63, 3.8) is 0 Å². The van der Waals surface area contributed by atoms with Crippen LogP contribution in [0.2, 0.25) is 0 Å². The summed E-state index contributed by atoms with van der Waals surface area (Å²) in [6, 6.07) is 10.5. The average Bonchev–Trinajstić information content (AvgIpc) is 2.10. The highest BCUT2D eigenvalue weighted by atomic mass is 14.0. The Morgan fingerprint density at radius 1 is 0.917 bits per heavy atom. The van der Waals surface area contributed by atoms with Gasteiger partial charge in [-0.2, -0.15) is 0 Å². The van der Waals surface area contributed by atoms with Crippen LogP contribution in [0.5, 0.6) is 0 Å². The molecule has 1 rings (SSSR count). The Balaban J connectivity index is 0. The zero-order valence-corrected chi connectivity index (χ0v) is 8.54. The summed E-state index contributed by atoms with van der Waals surface area (Å²) >= 11 is 0. The van der Waals surface area contributed by atoms with Crippen LogP contribution in [-0.4, -0.2) is 8.41 Å². The van der Waals surface area contributed by atoms with Crippen LogP contribution in [0.15, 0.2) is 30.3 Å². The van der Waals surface area contributed by atoms with Gasteiger partial charge in [0.05, 0.1) is 0 Å². The highest BCUT2D eigenvalue weighted by molar-refractivity contribution is 5.75. The molecule has 3 radical (unpaired) electrons. The molecule has 1 aromatic rings. The van der Waals surface area contributed by atoms with Crippen molar-refractivity contribution >= 4 is 8.41 Å². The SMILES string of the molecule is CC.CC(C)c1ccccc1.[B]. The Hall–Kier alpha value is -0.715. The zero-order valence-electron chi connectivity index (χ0n) is 8.54. The summed E-state index contributed by atoms with van der Waals surface area (Å²) in [5.41, 5.74) is 1.41. The molecule has 0 saturated heterocycles. The van der Waals surface area contributed by atoms with Gasteiger partial charge >= 0.3 is 0 Å². The molecule has 0 nitrogen and oxygen atoms in total. The zero-order chi connectivity index (χ0) is 8.69. The van der Waals surface area contributed by atoms with Crippen LogP contribution in [0.4, 0.5) is 0 Å². The van der Waals surface area contributed by atoms with Gasteiger partial charge in [-0.25, -0.2) is 0 Å². The number of rotatable bonds is 1. The molecule has 0 N–H and O–H groups in total. The fraction of sp³-hybridized carbons (Fsp3) is 0.455. The van der Waals surface area contributed by atoms with E-state index in [2.05, 4.69) is 38.1 Å². The van der Waals surface area contributed by atoms with Crippen LogP contribution in [0.25, 0.3) is 0 Å². The van der Waals surface area contributed by atoms with E-state index >= 15 is 0 Å². The third kappa shape index (κ3) is 5.00. The second-order valence-electron chi connectivity index (χ2n) is 2.57. The van der Waals surface area contributed by atoms with E-state index in [1.165, 1.54) is 5.56 Å². The fourth-order valence-electron chi connectivity index (χ4n) is 0.838. The van der Waals surface area contributed by atoms with Crippen LogP contribution in [0.1, 0.15) is 39.2 Å². The monoisotopic (exact) mass is 161 g/mol. The van der Waals surface area contributed by atoms with Crippen molar-refractivity contribution in [1.29, 1.82) is 0 Å². The predicted molar refractivity (Wildman–Crippen MR) is 57.6 cm³/mol. The molecule has 0 heterocycles. The van der Waals surface area contributed by atoms with Crippen molar-refractivity contribution in [2.24, 2.45) is 0 Å². The molecule has 0 unspecified atom stereocenters. The van der Waals surface area contributed by atoms with E-state index in [1.54, 1.807) is 0 Å². The van der Waals surface area contributed by atoms with Crippen molar-refractivity contribution in [1.82, 2.24) is 0 Å². The van der Waals surface area contributed by atoms with Gasteiger partial charge in [-0.05, 0) is 11.5 Å². The van der Waals surface area contributed by atoms with Gasteiger partial charge in [0.25, 0.3) is 0 Å². The lowest BCUT2D eigenvalue weighted by Gasteiger charge is -2.01. The number of benzene rings is 1. The highest BCUT2D eigenvalue weighted by Crippen LogP contribution is 2.11. The van der Waals surface area contributed by atoms with Crippen LogP contribution < -0.4 is 0 Å². The summed E-state index contributed by atoms with van der Waals surface area (Å²) in [5, 5.41) is 0. The van der Waals surface area contributed by atoms with Crippen LogP contribution in [0, 0.1) is 0 Å². The molecular weight excluding hydrogens is 143 g/mol. The summed E-state index contributed by atoms with van der Waals surface area (Å²) < 4.78 is 0. The molecule has 0 fully saturated rings. The normalized spacial score (nSPS) is 8.08. The third-order valence-electron chi connectivity index (χ3n) is 1.47. The van der Waals surface area contributed by atoms with Gasteiger partial charge in [-0.15, -0.1) is 0 Å². The third-order valence-corrected chi connectivity index (χ3v) is 1.47. The largest absolute Gasteiger partial charge is 0.0683 e. The molecule has 0 aliphatic carbocycles. The van der Waals surface area contributed by atoms with Gasteiger partial charge in [-0.3, -0.25) is 0 Å². The van der Waals surface area contributed by atoms with Gasteiger partial charge in [0.2, 0.25) is 0 Å². The second-order valence-corrected chi connectivity index (χ2v) is 2.57. The minimum absolute atomic E-state index is 0. The molecule has 0 saturated carbocycles. The molecule has 0 aliphatic heterocycles. The average molecular weight is 161 g/mol. The standard InChI is InChI=1S/C9H12.C2H6.B/c1-8(2)9-6-4-3-5-7-9;1-2;/h3-8H,1-2H3;1-2H3;.